The number of fused-ring (bicyclic) bond motifs is 5. The molecule has 7 N–H and O–H groups in total. The van der Waals surface area contributed by atoms with Crippen molar-refractivity contribution in [2.75, 3.05) is 13.2 Å². The lowest BCUT2D eigenvalue weighted by Crippen LogP contribution is -2.68. The van der Waals surface area contributed by atoms with Crippen LogP contribution in [0.15, 0.2) is 12.2 Å². The number of hydrogen-bond donors (Lipinski definition) is 7. The molecule has 0 amide bonds. The molecule has 13 heteroatoms. The summed E-state index contributed by atoms with van der Waals surface area (Å²) in [6, 6.07) is 0. The summed E-state index contributed by atoms with van der Waals surface area (Å²) >= 11 is 0. The number of ether oxygens (including phenoxy) is 2. The number of hydrogen-bond acceptors (Lipinski definition) is 11. The number of allylic oxidation sites excluding steroid dienone is 1. The second-order valence-electron chi connectivity index (χ2n) is 16.0. The SMILES string of the molecule is CC(C)[C@@H](/C=C/[C@@H](C)[C@H]1C[C@H](O)C2[C@]3(O)C[C@@H](O)C4C[C@@H](O[C@@H]5OC[C@@H](O)[C@H](O)[C@H]5O)CC[C@]4(C)C3CC[C@@]21C)COS(=O)(=O)O. The topological polar surface area (TPSA) is 203 Å². The highest BCUT2D eigenvalue weighted by molar-refractivity contribution is 7.80. The predicted molar refractivity (Wildman–Crippen MR) is 166 cm³/mol. The minimum Gasteiger partial charge on any atom is -0.393 e. The standard InChI is InChI=1S/C33H56O12S/c1-17(2)19(15-44-46(40,41)42)7-6-18(3)21-13-23(34)29-32(21,5)11-9-26-31(4)10-8-20(12-22(31)24(35)14-33(26,29)39)45-30-28(38)27(37)25(36)16-43-30/h6-7,17-30,34-39H,8-16H2,1-5H3,(H,40,41,42)/b7-6+/t18-,19+,20+,21-,22?,23+,24-,25-,26?,27+,28-,29?,30+,31+,32-,33+/m1/s1. The first-order valence-electron chi connectivity index (χ1n) is 17.0. The molecule has 16 atom stereocenters. The zero-order valence-electron chi connectivity index (χ0n) is 27.7. The maximum Gasteiger partial charge on any atom is 0.397 e. The molecule has 0 aromatic rings. The minimum absolute atomic E-state index is 0.0122. The van der Waals surface area contributed by atoms with Crippen LogP contribution in [-0.2, 0) is 24.1 Å². The van der Waals surface area contributed by atoms with E-state index in [4.69, 9.17) is 14.0 Å². The fourth-order valence-electron chi connectivity index (χ4n) is 10.6. The predicted octanol–water partition coefficient (Wildman–Crippen LogP) is 1.81. The van der Waals surface area contributed by atoms with Gasteiger partial charge in [0.15, 0.2) is 6.29 Å². The Labute approximate surface area is 273 Å². The Bertz CT molecular complexity index is 1210. The van der Waals surface area contributed by atoms with Crippen molar-refractivity contribution >= 4 is 10.4 Å². The lowest BCUT2D eigenvalue weighted by molar-refractivity contribution is -0.300. The first-order chi connectivity index (χ1) is 21.3. The van der Waals surface area contributed by atoms with Crippen LogP contribution in [0.5, 0.6) is 0 Å². The van der Waals surface area contributed by atoms with Gasteiger partial charge in [-0.2, -0.15) is 8.42 Å². The van der Waals surface area contributed by atoms with Crippen molar-refractivity contribution in [2.24, 2.45) is 52.3 Å². The van der Waals surface area contributed by atoms with Gasteiger partial charge in [0, 0.05) is 18.3 Å². The zero-order chi connectivity index (χ0) is 34.0. The first-order valence-corrected chi connectivity index (χ1v) is 18.4. The molecule has 1 saturated heterocycles. The van der Waals surface area contributed by atoms with Crippen molar-refractivity contribution < 1.29 is 57.3 Å². The van der Waals surface area contributed by atoms with Crippen LogP contribution in [0.4, 0.5) is 0 Å². The fraction of sp³-hybridized carbons (Fsp3) is 0.939. The second kappa shape index (κ2) is 13.2. The molecule has 0 radical (unpaired) electrons. The van der Waals surface area contributed by atoms with Crippen LogP contribution in [0.1, 0.15) is 79.6 Å². The molecule has 12 nitrogen and oxygen atoms in total. The summed E-state index contributed by atoms with van der Waals surface area (Å²) < 4.78 is 47.6. The minimum atomic E-state index is -4.55. The molecule has 5 aliphatic rings. The van der Waals surface area contributed by atoms with Crippen molar-refractivity contribution in [1.29, 1.82) is 0 Å². The Hall–Kier alpha value is -0.710. The van der Waals surface area contributed by atoms with Crippen molar-refractivity contribution in [3.63, 3.8) is 0 Å². The van der Waals surface area contributed by atoms with Gasteiger partial charge in [-0.15, -0.1) is 0 Å². The highest BCUT2D eigenvalue weighted by atomic mass is 32.3. The molecule has 5 fully saturated rings. The Kier molecular flexibility index (Phi) is 10.5. The maximum atomic E-state index is 12.7. The zero-order valence-corrected chi connectivity index (χ0v) is 28.5. The smallest absolute Gasteiger partial charge is 0.393 e. The molecule has 0 aromatic carbocycles. The van der Waals surface area contributed by atoms with Gasteiger partial charge in [-0.05, 0) is 78.9 Å². The molecular formula is C33H56O12S. The van der Waals surface area contributed by atoms with Gasteiger partial charge in [0.25, 0.3) is 0 Å². The van der Waals surface area contributed by atoms with Gasteiger partial charge in [0.1, 0.15) is 18.3 Å². The van der Waals surface area contributed by atoms with Gasteiger partial charge in [0.2, 0.25) is 0 Å². The normalized spacial score (nSPS) is 49.4. The van der Waals surface area contributed by atoms with E-state index in [1.807, 2.05) is 26.0 Å². The molecule has 5 rings (SSSR count). The molecule has 1 heterocycles. The van der Waals surface area contributed by atoms with Crippen LogP contribution in [0.25, 0.3) is 0 Å². The van der Waals surface area contributed by atoms with Crippen molar-refractivity contribution in [2.45, 2.75) is 128 Å². The molecule has 4 aliphatic carbocycles. The Morgan fingerprint density at radius 3 is 2.24 bits per heavy atom. The largest absolute Gasteiger partial charge is 0.397 e. The summed E-state index contributed by atoms with van der Waals surface area (Å²) in [5.41, 5.74) is -2.07. The van der Waals surface area contributed by atoms with Crippen LogP contribution in [0, 0.1) is 52.3 Å². The molecule has 4 saturated carbocycles. The average molecular weight is 677 g/mol. The van der Waals surface area contributed by atoms with E-state index in [1.165, 1.54) is 0 Å². The Morgan fingerprint density at radius 1 is 0.913 bits per heavy atom. The molecule has 0 spiro atoms. The summed E-state index contributed by atoms with van der Waals surface area (Å²) in [6.07, 6.45) is 1.05. The van der Waals surface area contributed by atoms with Crippen LogP contribution in [0.2, 0.25) is 0 Å². The van der Waals surface area contributed by atoms with E-state index in [1.54, 1.807) is 0 Å². The second-order valence-corrected chi connectivity index (χ2v) is 17.1. The van der Waals surface area contributed by atoms with Gasteiger partial charge in [-0.25, -0.2) is 4.18 Å². The highest BCUT2D eigenvalue weighted by Crippen LogP contribution is 2.69. The first kappa shape index (κ1) is 36.6. The van der Waals surface area contributed by atoms with Gasteiger partial charge < -0.3 is 40.1 Å². The third-order valence-corrected chi connectivity index (χ3v) is 13.5. The molecular weight excluding hydrogens is 620 g/mol. The monoisotopic (exact) mass is 676 g/mol. The molecule has 0 aromatic heterocycles. The lowest BCUT2D eigenvalue weighted by Gasteiger charge is -2.66. The van der Waals surface area contributed by atoms with E-state index < -0.39 is 69.6 Å². The fourth-order valence-corrected chi connectivity index (χ4v) is 11.0. The summed E-state index contributed by atoms with van der Waals surface area (Å²) in [7, 11) is -4.55. The van der Waals surface area contributed by atoms with Crippen LogP contribution in [0.3, 0.4) is 0 Å². The highest BCUT2D eigenvalue weighted by Gasteiger charge is 2.70. The summed E-state index contributed by atoms with van der Waals surface area (Å²) in [5, 5.41) is 66.2. The maximum absolute atomic E-state index is 12.7. The van der Waals surface area contributed by atoms with E-state index in [9.17, 15) is 39.1 Å². The van der Waals surface area contributed by atoms with Gasteiger partial charge in [-0.1, -0.05) is 46.8 Å². The Balaban J connectivity index is 1.31. The third-order valence-electron chi connectivity index (χ3n) is 13.1. The average Bonchev–Trinajstić information content (AvgIpc) is 3.24. The number of rotatable bonds is 9. The van der Waals surface area contributed by atoms with E-state index in [-0.39, 0.29) is 61.2 Å². The molecule has 46 heavy (non-hydrogen) atoms. The van der Waals surface area contributed by atoms with Crippen molar-refractivity contribution in [3.05, 3.63) is 12.2 Å². The summed E-state index contributed by atoms with van der Waals surface area (Å²) in [4.78, 5) is 0. The van der Waals surface area contributed by atoms with Crippen LogP contribution in [-0.4, -0.2) is 105 Å². The van der Waals surface area contributed by atoms with E-state index in [0.717, 1.165) is 12.8 Å². The van der Waals surface area contributed by atoms with Crippen LogP contribution < -0.4 is 0 Å². The molecule has 266 valence electrons. The molecule has 3 unspecified atom stereocenters. The number of aliphatic hydroxyl groups excluding tert-OH is 5. The van der Waals surface area contributed by atoms with E-state index >= 15 is 0 Å². The van der Waals surface area contributed by atoms with Gasteiger partial charge in [0.05, 0.1) is 37.1 Å². The van der Waals surface area contributed by atoms with E-state index in [0.29, 0.717) is 25.7 Å². The van der Waals surface area contributed by atoms with Crippen LogP contribution >= 0.6 is 0 Å². The van der Waals surface area contributed by atoms with Gasteiger partial charge >= 0.3 is 10.4 Å². The third kappa shape index (κ3) is 6.60. The number of aliphatic hydroxyl groups is 6. The molecule has 0 bridgehead atoms. The molecule has 1 aliphatic heterocycles. The lowest BCUT2D eigenvalue weighted by atomic mass is 9.42. The summed E-state index contributed by atoms with van der Waals surface area (Å²) in [6.45, 7) is 9.97. The van der Waals surface area contributed by atoms with Crippen molar-refractivity contribution in [3.8, 4) is 0 Å². The quantitative estimate of drug-likeness (QED) is 0.106. The summed E-state index contributed by atoms with van der Waals surface area (Å²) in [5.74, 6) is -0.854. The Morgan fingerprint density at radius 2 is 1.59 bits per heavy atom. The van der Waals surface area contributed by atoms with Crippen molar-refractivity contribution in [1.82, 2.24) is 0 Å². The van der Waals surface area contributed by atoms with E-state index in [2.05, 4.69) is 25.0 Å². The van der Waals surface area contributed by atoms with Gasteiger partial charge in [-0.3, -0.25) is 4.55 Å².